The molecule has 5 N–H and O–H groups in total. The SMILES string of the molecule is CC(=O)NCCC1CCN(C(=O)[C@H](CCCN/C(N)=N/[N+](=O)[O-])NS(=O)(=O)c2cccc3cc(C)cnc23)CC1. The zero-order valence-corrected chi connectivity index (χ0v) is 23.4. The minimum Gasteiger partial charge on any atom is -0.365 e. The molecule has 0 spiro atoms. The van der Waals surface area contributed by atoms with Crippen molar-refractivity contribution in [3.63, 3.8) is 0 Å². The highest BCUT2D eigenvalue weighted by atomic mass is 32.2. The van der Waals surface area contributed by atoms with E-state index in [1.54, 1.807) is 23.2 Å². The number of aromatic nitrogens is 1. The van der Waals surface area contributed by atoms with Crippen molar-refractivity contribution in [1.82, 2.24) is 25.2 Å². The summed E-state index contributed by atoms with van der Waals surface area (Å²) in [5.74, 6) is -0.462. The lowest BCUT2D eigenvalue weighted by Crippen LogP contribution is -2.51. The van der Waals surface area contributed by atoms with Crippen molar-refractivity contribution in [2.75, 3.05) is 26.2 Å². The van der Waals surface area contributed by atoms with Crippen LogP contribution in [0.5, 0.6) is 0 Å². The number of guanidine groups is 1. The van der Waals surface area contributed by atoms with Gasteiger partial charge in [-0.05, 0) is 62.6 Å². The molecule has 2 amide bonds. The largest absolute Gasteiger partial charge is 0.365 e. The summed E-state index contributed by atoms with van der Waals surface area (Å²) in [6.07, 6.45) is 4.29. The van der Waals surface area contributed by atoms with Gasteiger partial charge in [-0.15, -0.1) is 0 Å². The Hall–Kier alpha value is -3.85. The van der Waals surface area contributed by atoms with Crippen molar-refractivity contribution in [3.05, 3.63) is 46.1 Å². The molecule has 218 valence electrons. The van der Waals surface area contributed by atoms with Gasteiger partial charge in [0.2, 0.25) is 21.8 Å². The second-order valence-electron chi connectivity index (χ2n) is 9.85. The maximum Gasteiger partial charge on any atom is 0.266 e. The highest BCUT2D eigenvalue weighted by Gasteiger charge is 2.32. The summed E-state index contributed by atoms with van der Waals surface area (Å²) in [7, 11) is -4.14. The minimum atomic E-state index is -4.14. The Morgan fingerprint density at radius 1 is 1.25 bits per heavy atom. The molecule has 1 atom stereocenters. The number of aryl methyl sites for hydroxylation is 1. The third-order valence-corrected chi connectivity index (χ3v) is 8.22. The summed E-state index contributed by atoms with van der Waals surface area (Å²) >= 11 is 0. The number of nitrogens with one attached hydrogen (secondary N) is 3. The molecule has 1 aliphatic heterocycles. The smallest absolute Gasteiger partial charge is 0.266 e. The fraction of sp³-hybridized carbons (Fsp3) is 0.520. The Kier molecular flexibility index (Phi) is 10.7. The fourth-order valence-corrected chi connectivity index (χ4v) is 6.11. The van der Waals surface area contributed by atoms with E-state index in [0.29, 0.717) is 36.5 Å². The van der Waals surface area contributed by atoms with E-state index in [1.807, 2.05) is 13.0 Å². The highest BCUT2D eigenvalue weighted by molar-refractivity contribution is 7.89. The van der Waals surface area contributed by atoms with Crippen molar-refractivity contribution in [1.29, 1.82) is 0 Å². The Morgan fingerprint density at radius 2 is 1.98 bits per heavy atom. The van der Waals surface area contributed by atoms with Crippen LogP contribution in [0.25, 0.3) is 10.9 Å². The van der Waals surface area contributed by atoms with Crippen molar-refractivity contribution in [3.8, 4) is 0 Å². The predicted molar refractivity (Wildman–Crippen MR) is 149 cm³/mol. The number of sulfonamides is 1. The van der Waals surface area contributed by atoms with Crippen LogP contribution in [-0.4, -0.2) is 73.3 Å². The van der Waals surface area contributed by atoms with Gasteiger partial charge in [-0.3, -0.25) is 14.6 Å². The van der Waals surface area contributed by atoms with E-state index < -0.39 is 21.1 Å². The number of pyridine rings is 1. The fourth-order valence-electron chi connectivity index (χ4n) is 4.70. The van der Waals surface area contributed by atoms with E-state index in [0.717, 1.165) is 24.8 Å². The van der Waals surface area contributed by atoms with Crippen molar-refractivity contribution < 1.29 is 23.0 Å². The maximum atomic E-state index is 13.6. The molecular weight excluding hydrogens is 540 g/mol. The zero-order chi connectivity index (χ0) is 29.3. The molecule has 1 aliphatic rings. The monoisotopic (exact) mass is 576 g/mol. The summed E-state index contributed by atoms with van der Waals surface area (Å²) in [4.78, 5) is 41.1. The maximum absolute atomic E-state index is 13.6. The minimum absolute atomic E-state index is 0.0278. The summed E-state index contributed by atoms with van der Waals surface area (Å²) in [5.41, 5.74) is 6.64. The van der Waals surface area contributed by atoms with E-state index >= 15 is 0 Å². The summed E-state index contributed by atoms with van der Waals surface area (Å²) < 4.78 is 29.6. The molecule has 0 saturated carbocycles. The molecule has 0 aliphatic carbocycles. The molecule has 14 nitrogen and oxygen atoms in total. The zero-order valence-electron chi connectivity index (χ0n) is 22.6. The number of amides is 2. The molecule has 0 radical (unpaired) electrons. The van der Waals surface area contributed by atoms with Gasteiger partial charge in [0.05, 0.1) is 5.52 Å². The van der Waals surface area contributed by atoms with Gasteiger partial charge in [0.15, 0.2) is 5.03 Å². The number of rotatable bonds is 12. The number of carbonyl (C=O) groups excluding carboxylic acids is 2. The quantitative estimate of drug-likeness (QED) is 0.0928. The normalized spacial score (nSPS) is 15.6. The molecule has 1 aromatic carbocycles. The van der Waals surface area contributed by atoms with Gasteiger partial charge in [0.25, 0.3) is 5.96 Å². The molecule has 15 heteroatoms. The third kappa shape index (κ3) is 8.84. The van der Waals surface area contributed by atoms with Crippen molar-refractivity contribution in [2.45, 2.75) is 56.9 Å². The van der Waals surface area contributed by atoms with Gasteiger partial charge < -0.3 is 21.3 Å². The second-order valence-corrected chi connectivity index (χ2v) is 11.5. The number of nitrogens with two attached hydrogens (primary N) is 1. The molecule has 1 saturated heterocycles. The van der Waals surface area contributed by atoms with Crippen molar-refractivity contribution in [2.24, 2.45) is 16.8 Å². The van der Waals surface area contributed by atoms with Crippen LogP contribution < -0.4 is 21.1 Å². The van der Waals surface area contributed by atoms with Gasteiger partial charge in [0.1, 0.15) is 16.0 Å². The Morgan fingerprint density at radius 3 is 2.65 bits per heavy atom. The van der Waals surface area contributed by atoms with Crippen molar-refractivity contribution >= 4 is 38.7 Å². The van der Waals surface area contributed by atoms with Gasteiger partial charge in [-0.1, -0.05) is 12.1 Å². The molecular formula is C25H36N8O6S. The van der Waals surface area contributed by atoms with E-state index in [1.165, 1.54) is 13.0 Å². The Bertz CT molecular complexity index is 1360. The van der Waals surface area contributed by atoms with E-state index in [4.69, 9.17) is 5.73 Å². The number of hydrogen-bond acceptors (Lipinski definition) is 7. The number of nitro groups is 1. The van der Waals surface area contributed by atoms with Crippen LogP contribution in [0.1, 0.15) is 44.6 Å². The van der Waals surface area contributed by atoms with Crippen LogP contribution in [0.4, 0.5) is 0 Å². The molecule has 1 aromatic heterocycles. The number of nitrogens with zero attached hydrogens (tertiary/aromatic N) is 4. The van der Waals surface area contributed by atoms with Crippen LogP contribution in [-0.2, 0) is 19.6 Å². The molecule has 40 heavy (non-hydrogen) atoms. The molecule has 0 bridgehead atoms. The van der Waals surface area contributed by atoms with Crippen LogP contribution in [0.3, 0.4) is 0 Å². The lowest BCUT2D eigenvalue weighted by atomic mass is 9.93. The number of fused-ring (bicyclic) bond motifs is 1. The standard InChI is InChI=1S/C25H36N8O6S/c1-17-15-20-5-3-7-22(23(20)29-16-17)40(38,39)31-21(6-4-11-28-25(26)30-33(36)37)24(35)32-13-9-19(10-14-32)8-12-27-18(2)34/h3,5,7,15-16,19,21,31H,4,6,8-14H2,1-2H3,(H,27,34)(H3,26,28,30)/t21-/m0/s1. The highest BCUT2D eigenvalue weighted by Crippen LogP contribution is 2.24. The predicted octanol–water partition coefficient (Wildman–Crippen LogP) is 0.831. The summed E-state index contributed by atoms with van der Waals surface area (Å²) in [5, 5.41) is 18.6. The van der Waals surface area contributed by atoms with Crippen LogP contribution in [0, 0.1) is 23.0 Å². The van der Waals surface area contributed by atoms with Gasteiger partial charge in [0, 0.05) is 44.7 Å². The number of hydrazone groups is 1. The first kappa shape index (κ1) is 30.7. The van der Waals surface area contributed by atoms with Crippen LogP contribution >= 0.6 is 0 Å². The molecule has 2 heterocycles. The number of carbonyl (C=O) groups is 2. The number of benzene rings is 1. The number of para-hydroxylation sites is 1. The molecule has 2 aromatic rings. The number of piperidine rings is 1. The van der Waals surface area contributed by atoms with E-state index in [9.17, 15) is 28.1 Å². The lowest BCUT2D eigenvalue weighted by molar-refractivity contribution is -0.485. The Balaban J connectivity index is 1.73. The van der Waals surface area contributed by atoms with Gasteiger partial charge >= 0.3 is 0 Å². The first-order valence-electron chi connectivity index (χ1n) is 13.1. The van der Waals surface area contributed by atoms with Gasteiger partial charge in [-0.25, -0.2) is 18.5 Å². The van der Waals surface area contributed by atoms with E-state index in [2.05, 4.69) is 25.4 Å². The summed E-state index contributed by atoms with van der Waals surface area (Å²) in [6, 6.07) is 5.61. The second kappa shape index (κ2) is 14.0. The summed E-state index contributed by atoms with van der Waals surface area (Å²) in [6.45, 7) is 4.99. The first-order chi connectivity index (χ1) is 19.0. The average Bonchev–Trinajstić information content (AvgIpc) is 2.89. The third-order valence-electron chi connectivity index (χ3n) is 6.71. The Labute approximate surface area is 233 Å². The van der Waals surface area contributed by atoms with Gasteiger partial charge in [-0.2, -0.15) is 4.72 Å². The number of hydrogen-bond donors (Lipinski definition) is 4. The average molecular weight is 577 g/mol. The molecule has 0 unspecified atom stereocenters. The first-order valence-corrected chi connectivity index (χ1v) is 14.6. The number of likely N-dealkylation sites (tertiary alicyclic amines) is 1. The van der Waals surface area contributed by atoms with E-state index in [-0.39, 0.29) is 42.1 Å². The lowest BCUT2D eigenvalue weighted by Gasteiger charge is -2.34. The molecule has 1 fully saturated rings. The van der Waals surface area contributed by atoms with Crippen LogP contribution in [0.2, 0.25) is 0 Å². The van der Waals surface area contributed by atoms with Crippen LogP contribution in [0.15, 0.2) is 40.5 Å². The molecule has 3 rings (SSSR count). The topological polar surface area (TPSA) is 202 Å².